The Balaban J connectivity index is 2.12. The van der Waals surface area contributed by atoms with Crippen LogP contribution in [-0.4, -0.2) is 22.1 Å². The quantitative estimate of drug-likeness (QED) is 0.626. The van der Waals surface area contributed by atoms with Crippen molar-refractivity contribution in [3.63, 3.8) is 0 Å². The number of phenolic OH excluding ortho intramolecular Hbond substituents is 1. The van der Waals surface area contributed by atoms with Gasteiger partial charge in [0.2, 0.25) is 0 Å². The Labute approximate surface area is 162 Å². The average Bonchev–Trinajstić information content (AvgIpc) is 2.68. The average molecular weight is 383 g/mol. The smallest absolute Gasteiger partial charge is 0.259 e. The number of aromatic nitrogens is 1. The van der Waals surface area contributed by atoms with Crippen LogP contribution < -0.4 is 10.5 Å². The number of amides is 1. The number of para-hydroxylation sites is 1. The number of rotatable bonds is 6. The molecule has 0 spiro atoms. The first-order chi connectivity index (χ1) is 13.0. The zero-order valence-electron chi connectivity index (χ0n) is 14.7. The van der Waals surface area contributed by atoms with E-state index in [1.165, 1.54) is 0 Å². The number of ether oxygens (including phenoxy) is 1. The van der Waals surface area contributed by atoms with Crippen molar-refractivity contribution < 1.29 is 14.6 Å². The molecule has 2 aromatic carbocycles. The molecule has 1 heterocycles. The predicted molar refractivity (Wildman–Crippen MR) is 106 cm³/mol. The van der Waals surface area contributed by atoms with E-state index < -0.39 is 17.9 Å². The summed E-state index contributed by atoms with van der Waals surface area (Å²) in [4.78, 5) is 16.4. The number of halogens is 1. The second kappa shape index (κ2) is 8.10. The lowest BCUT2D eigenvalue weighted by Crippen LogP contribution is -2.38. The largest absolute Gasteiger partial charge is 0.505 e. The van der Waals surface area contributed by atoms with E-state index >= 15 is 0 Å². The van der Waals surface area contributed by atoms with Crippen molar-refractivity contribution in [2.45, 2.75) is 18.9 Å². The van der Waals surface area contributed by atoms with E-state index in [4.69, 9.17) is 22.1 Å². The van der Waals surface area contributed by atoms with Gasteiger partial charge in [-0.2, -0.15) is 0 Å². The van der Waals surface area contributed by atoms with E-state index in [2.05, 4.69) is 4.98 Å². The maximum Gasteiger partial charge on any atom is 0.259 e. The molecule has 0 aliphatic heterocycles. The summed E-state index contributed by atoms with van der Waals surface area (Å²) in [7, 11) is 0. The van der Waals surface area contributed by atoms with Crippen molar-refractivity contribution in [1.29, 1.82) is 0 Å². The highest BCUT2D eigenvalue weighted by Gasteiger charge is 2.31. The molecule has 0 saturated carbocycles. The molecular weight excluding hydrogens is 364 g/mol. The van der Waals surface area contributed by atoms with Gasteiger partial charge < -0.3 is 15.6 Å². The summed E-state index contributed by atoms with van der Waals surface area (Å²) >= 11 is 6.39. The molecule has 0 aliphatic rings. The molecule has 138 valence electrons. The summed E-state index contributed by atoms with van der Waals surface area (Å²) in [5.41, 5.74) is 6.40. The van der Waals surface area contributed by atoms with Crippen LogP contribution in [0.1, 0.15) is 18.4 Å². The van der Waals surface area contributed by atoms with Gasteiger partial charge in [-0.25, -0.2) is 0 Å². The Morgan fingerprint density at radius 2 is 2.00 bits per heavy atom. The molecule has 27 heavy (non-hydrogen) atoms. The summed E-state index contributed by atoms with van der Waals surface area (Å²) in [6, 6.07) is 14.0. The lowest BCUT2D eigenvalue weighted by molar-refractivity contribution is -0.125. The molecule has 3 rings (SSSR count). The number of nitrogens with two attached hydrogens (primary N) is 1. The zero-order chi connectivity index (χ0) is 19.4. The van der Waals surface area contributed by atoms with Crippen LogP contribution in [0.2, 0.25) is 5.02 Å². The summed E-state index contributed by atoms with van der Waals surface area (Å²) in [5.74, 6) is -0.850. The number of phenols is 1. The number of aromatic hydroxyl groups is 1. The number of pyridine rings is 1. The molecular formula is C21H19ClN2O3. The van der Waals surface area contributed by atoms with Gasteiger partial charge >= 0.3 is 0 Å². The molecule has 0 bridgehead atoms. The molecule has 3 aromatic rings. The third-order valence-corrected chi connectivity index (χ3v) is 4.53. The minimum Gasteiger partial charge on any atom is -0.505 e. The van der Waals surface area contributed by atoms with E-state index in [1.54, 1.807) is 60.8 Å². The molecule has 0 saturated heterocycles. The zero-order valence-corrected chi connectivity index (χ0v) is 15.4. The van der Waals surface area contributed by atoms with Crippen LogP contribution in [0.4, 0.5) is 0 Å². The van der Waals surface area contributed by atoms with E-state index in [9.17, 15) is 9.90 Å². The summed E-state index contributed by atoms with van der Waals surface area (Å²) < 4.78 is 5.85. The molecule has 0 fully saturated rings. The monoisotopic (exact) mass is 382 g/mol. The summed E-state index contributed by atoms with van der Waals surface area (Å²) in [6.45, 7) is 1.81. The fourth-order valence-electron chi connectivity index (χ4n) is 2.99. The van der Waals surface area contributed by atoms with Gasteiger partial charge in [0.1, 0.15) is 17.0 Å². The van der Waals surface area contributed by atoms with Crippen molar-refractivity contribution in [3.8, 4) is 11.5 Å². The molecule has 2 atom stereocenters. The van der Waals surface area contributed by atoms with Crippen LogP contribution >= 0.6 is 11.6 Å². The molecule has 1 amide bonds. The van der Waals surface area contributed by atoms with Crippen molar-refractivity contribution in [3.05, 3.63) is 77.5 Å². The molecule has 5 nitrogen and oxygen atoms in total. The van der Waals surface area contributed by atoms with Gasteiger partial charge in [-0.05, 0) is 37.3 Å². The first-order valence-corrected chi connectivity index (χ1v) is 8.80. The topological polar surface area (TPSA) is 85.4 Å². The maximum atomic E-state index is 12.2. The van der Waals surface area contributed by atoms with Crippen molar-refractivity contribution >= 4 is 28.4 Å². The van der Waals surface area contributed by atoms with Crippen LogP contribution in [0.15, 0.2) is 66.9 Å². The first-order valence-electron chi connectivity index (χ1n) is 8.43. The minimum absolute atomic E-state index is 0.0546. The van der Waals surface area contributed by atoms with Gasteiger partial charge in [-0.1, -0.05) is 42.0 Å². The number of benzene rings is 2. The third kappa shape index (κ3) is 3.88. The molecule has 0 radical (unpaired) electrons. The van der Waals surface area contributed by atoms with Crippen LogP contribution in [-0.2, 0) is 4.79 Å². The normalized spacial score (nSPS) is 13.6. The summed E-state index contributed by atoms with van der Waals surface area (Å²) in [5, 5.41) is 11.8. The van der Waals surface area contributed by atoms with Crippen molar-refractivity contribution in [2.24, 2.45) is 5.73 Å². The number of nitrogens with zero attached hydrogens (tertiary/aromatic N) is 1. The Kier molecular flexibility index (Phi) is 5.62. The minimum atomic E-state index is -1.04. The highest BCUT2D eigenvalue weighted by atomic mass is 35.5. The van der Waals surface area contributed by atoms with Gasteiger partial charge in [0, 0.05) is 17.1 Å². The van der Waals surface area contributed by atoms with Crippen molar-refractivity contribution in [1.82, 2.24) is 4.98 Å². The predicted octanol–water partition coefficient (Wildman–Crippen LogP) is 4.19. The number of allylic oxidation sites excluding steroid dienone is 1. The van der Waals surface area contributed by atoms with Crippen molar-refractivity contribution in [2.75, 3.05) is 0 Å². The van der Waals surface area contributed by atoms with Gasteiger partial charge in [-0.3, -0.25) is 9.78 Å². The lowest BCUT2D eigenvalue weighted by atomic mass is 9.90. The van der Waals surface area contributed by atoms with E-state index in [0.29, 0.717) is 27.2 Å². The Morgan fingerprint density at radius 1 is 1.26 bits per heavy atom. The van der Waals surface area contributed by atoms with Gasteiger partial charge in [0.15, 0.2) is 6.10 Å². The number of carbonyl (C=O) groups excluding carboxylic acids is 1. The number of hydrogen-bond acceptors (Lipinski definition) is 4. The Bertz CT molecular complexity index is 989. The van der Waals surface area contributed by atoms with Gasteiger partial charge in [0.25, 0.3) is 5.91 Å². The number of hydrogen-bond donors (Lipinski definition) is 2. The fraction of sp³-hybridized carbons (Fsp3) is 0.143. The van der Waals surface area contributed by atoms with Crippen LogP contribution in [0.3, 0.4) is 0 Å². The Morgan fingerprint density at radius 3 is 2.67 bits per heavy atom. The van der Waals surface area contributed by atoms with E-state index in [0.717, 1.165) is 0 Å². The number of primary amides is 1. The highest BCUT2D eigenvalue weighted by Crippen LogP contribution is 2.39. The molecule has 1 aromatic heterocycles. The van der Waals surface area contributed by atoms with Gasteiger partial charge in [0.05, 0.1) is 10.9 Å². The molecule has 2 unspecified atom stereocenters. The first kappa shape index (κ1) is 18.7. The fourth-order valence-corrected chi connectivity index (χ4v) is 3.26. The third-order valence-electron chi connectivity index (χ3n) is 4.22. The highest BCUT2D eigenvalue weighted by molar-refractivity contribution is 6.35. The van der Waals surface area contributed by atoms with E-state index in [-0.39, 0.29) is 5.75 Å². The SMILES string of the molecule is CC=CC(c1cc(Cl)c2cccnc2c1O)C(Oc1ccccc1)C(N)=O. The lowest BCUT2D eigenvalue weighted by Gasteiger charge is -2.25. The number of carbonyl (C=O) groups is 1. The van der Waals surface area contributed by atoms with Crippen LogP contribution in [0.5, 0.6) is 11.5 Å². The summed E-state index contributed by atoms with van der Waals surface area (Å²) in [6.07, 6.45) is 4.05. The van der Waals surface area contributed by atoms with Gasteiger partial charge in [-0.15, -0.1) is 0 Å². The molecule has 3 N–H and O–H groups in total. The number of fused-ring (bicyclic) bond motifs is 1. The standard InChI is InChI=1S/C21H19ClN2O3/c1-2-7-14(20(21(23)26)27-13-8-4-3-5-9-13)16-12-17(22)15-10-6-11-24-18(15)19(16)25/h2-12,14,20,25H,1H3,(H2,23,26). The molecule has 6 heteroatoms. The Hall–Kier alpha value is -3.05. The maximum absolute atomic E-state index is 12.2. The van der Waals surface area contributed by atoms with E-state index in [1.807, 2.05) is 13.0 Å². The second-order valence-corrected chi connectivity index (χ2v) is 6.41. The second-order valence-electron chi connectivity index (χ2n) is 6.00. The van der Waals surface area contributed by atoms with Crippen LogP contribution in [0, 0.1) is 0 Å². The van der Waals surface area contributed by atoms with Crippen LogP contribution in [0.25, 0.3) is 10.9 Å². The molecule has 0 aliphatic carbocycles.